The second-order valence-corrected chi connectivity index (χ2v) is 6.33. The highest BCUT2D eigenvalue weighted by molar-refractivity contribution is 6.33. The summed E-state index contributed by atoms with van der Waals surface area (Å²) >= 11 is 6.44. The zero-order chi connectivity index (χ0) is 13.2. The number of rotatable bonds is 3. The Morgan fingerprint density at radius 3 is 2.84 bits per heavy atom. The van der Waals surface area contributed by atoms with Crippen LogP contribution in [0.1, 0.15) is 24.8 Å². The third kappa shape index (κ3) is 3.21. The van der Waals surface area contributed by atoms with Crippen LogP contribution in [0.15, 0.2) is 12.4 Å². The van der Waals surface area contributed by atoms with E-state index in [2.05, 4.69) is 21.8 Å². The molecule has 4 heteroatoms. The second kappa shape index (κ2) is 5.68. The van der Waals surface area contributed by atoms with E-state index in [9.17, 15) is 0 Å². The molecule has 1 saturated carbocycles. The molecule has 1 aromatic rings. The van der Waals surface area contributed by atoms with Crippen molar-refractivity contribution >= 4 is 17.3 Å². The van der Waals surface area contributed by atoms with Gasteiger partial charge in [-0.3, -0.25) is 4.98 Å². The first-order valence-electron chi connectivity index (χ1n) is 7.30. The largest absolute Gasteiger partial charge is 0.369 e. The van der Waals surface area contributed by atoms with Crippen LogP contribution in [-0.4, -0.2) is 43.1 Å². The van der Waals surface area contributed by atoms with Gasteiger partial charge in [-0.15, -0.1) is 0 Å². The van der Waals surface area contributed by atoms with Gasteiger partial charge in [-0.1, -0.05) is 11.6 Å². The summed E-state index contributed by atoms with van der Waals surface area (Å²) in [5.74, 6) is 0.869. The van der Waals surface area contributed by atoms with E-state index < -0.39 is 0 Å². The molecule has 2 aliphatic rings. The topological polar surface area (TPSA) is 19.4 Å². The van der Waals surface area contributed by atoms with Crippen molar-refractivity contribution in [2.75, 3.05) is 38.1 Å². The van der Waals surface area contributed by atoms with Crippen LogP contribution in [-0.2, 0) is 6.42 Å². The van der Waals surface area contributed by atoms with Crippen LogP contribution in [0, 0.1) is 5.92 Å². The average molecular weight is 280 g/mol. The Bertz CT molecular complexity index is 445. The van der Waals surface area contributed by atoms with Crippen LogP contribution in [0.3, 0.4) is 0 Å². The van der Waals surface area contributed by atoms with Crippen molar-refractivity contribution in [2.45, 2.75) is 25.7 Å². The summed E-state index contributed by atoms with van der Waals surface area (Å²) in [6, 6.07) is 0. The molecular weight excluding hydrogens is 258 g/mol. The molecule has 0 unspecified atom stereocenters. The third-order valence-electron chi connectivity index (χ3n) is 4.19. The molecule has 1 aromatic heterocycles. The average Bonchev–Trinajstić information content (AvgIpc) is 3.19. The monoisotopic (exact) mass is 279 g/mol. The highest BCUT2D eigenvalue weighted by Gasteiger charge is 2.25. The van der Waals surface area contributed by atoms with Crippen molar-refractivity contribution in [1.82, 2.24) is 9.88 Å². The van der Waals surface area contributed by atoms with Gasteiger partial charge in [0.2, 0.25) is 0 Å². The molecular formula is C15H22ClN3. The van der Waals surface area contributed by atoms with E-state index in [4.69, 9.17) is 11.6 Å². The number of nitrogens with zero attached hydrogens (tertiary/aromatic N) is 3. The third-order valence-corrected chi connectivity index (χ3v) is 4.47. The van der Waals surface area contributed by atoms with E-state index in [-0.39, 0.29) is 0 Å². The molecule has 19 heavy (non-hydrogen) atoms. The SMILES string of the molecule is CN1CCCN(c2c(Cl)cncc2CC2CC2)CC1. The van der Waals surface area contributed by atoms with Crippen molar-refractivity contribution < 1.29 is 0 Å². The maximum Gasteiger partial charge on any atom is 0.0825 e. The lowest BCUT2D eigenvalue weighted by molar-refractivity contribution is 0.360. The summed E-state index contributed by atoms with van der Waals surface area (Å²) in [4.78, 5) is 9.15. The van der Waals surface area contributed by atoms with Gasteiger partial charge in [0.1, 0.15) is 0 Å². The van der Waals surface area contributed by atoms with E-state index in [0.717, 1.165) is 37.0 Å². The van der Waals surface area contributed by atoms with Gasteiger partial charge in [0.05, 0.1) is 10.7 Å². The summed E-state index contributed by atoms with van der Waals surface area (Å²) in [5, 5.41) is 0.822. The summed E-state index contributed by atoms with van der Waals surface area (Å²) in [6.45, 7) is 4.46. The normalized spacial score (nSPS) is 21.5. The lowest BCUT2D eigenvalue weighted by atomic mass is 10.1. The van der Waals surface area contributed by atoms with Gasteiger partial charge in [0.25, 0.3) is 0 Å². The highest BCUT2D eigenvalue weighted by atomic mass is 35.5. The van der Waals surface area contributed by atoms with Gasteiger partial charge < -0.3 is 9.80 Å². The fourth-order valence-electron chi connectivity index (χ4n) is 2.87. The molecule has 2 heterocycles. The minimum atomic E-state index is 0.822. The Balaban J connectivity index is 1.84. The molecule has 3 rings (SSSR count). The Labute approximate surface area is 120 Å². The number of hydrogen-bond acceptors (Lipinski definition) is 3. The molecule has 1 aliphatic carbocycles. The zero-order valence-electron chi connectivity index (χ0n) is 11.6. The van der Waals surface area contributed by atoms with Crippen LogP contribution < -0.4 is 4.90 Å². The summed E-state index contributed by atoms with van der Waals surface area (Å²) in [5.41, 5.74) is 2.60. The lowest BCUT2D eigenvalue weighted by Crippen LogP contribution is -2.29. The standard InChI is InChI=1S/C15H22ClN3/c1-18-5-2-6-19(8-7-18)15-13(9-12-3-4-12)10-17-11-14(15)16/h10-12H,2-9H2,1H3. The maximum absolute atomic E-state index is 6.44. The van der Waals surface area contributed by atoms with Gasteiger partial charge in [-0.05, 0) is 50.8 Å². The van der Waals surface area contributed by atoms with E-state index in [0.29, 0.717) is 0 Å². The van der Waals surface area contributed by atoms with Crippen molar-refractivity contribution in [3.05, 3.63) is 23.0 Å². The highest BCUT2D eigenvalue weighted by Crippen LogP contribution is 2.37. The Kier molecular flexibility index (Phi) is 3.94. The molecule has 0 amide bonds. The zero-order valence-corrected chi connectivity index (χ0v) is 12.4. The first-order chi connectivity index (χ1) is 9.24. The molecule has 1 saturated heterocycles. The first kappa shape index (κ1) is 13.2. The second-order valence-electron chi connectivity index (χ2n) is 5.92. The van der Waals surface area contributed by atoms with Crippen LogP contribution in [0.25, 0.3) is 0 Å². The van der Waals surface area contributed by atoms with Gasteiger partial charge >= 0.3 is 0 Å². The predicted molar refractivity (Wildman–Crippen MR) is 80.0 cm³/mol. The van der Waals surface area contributed by atoms with E-state index >= 15 is 0 Å². The van der Waals surface area contributed by atoms with E-state index in [1.165, 1.54) is 37.1 Å². The van der Waals surface area contributed by atoms with Gasteiger partial charge in [-0.25, -0.2) is 0 Å². The molecule has 104 valence electrons. The lowest BCUT2D eigenvalue weighted by Gasteiger charge is -2.26. The number of aromatic nitrogens is 1. The molecule has 0 aromatic carbocycles. The summed E-state index contributed by atoms with van der Waals surface area (Å²) < 4.78 is 0. The number of likely N-dealkylation sites (N-methyl/N-ethyl adjacent to an activating group) is 1. The van der Waals surface area contributed by atoms with Crippen LogP contribution in [0.2, 0.25) is 5.02 Å². The fourth-order valence-corrected chi connectivity index (χ4v) is 3.17. The van der Waals surface area contributed by atoms with Crippen molar-refractivity contribution in [1.29, 1.82) is 0 Å². The summed E-state index contributed by atoms with van der Waals surface area (Å²) in [7, 11) is 2.20. The van der Waals surface area contributed by atoms with Crippen LogP contribution in [0.4, 0.5) is 5.69 Å². The number of pyridine rings is 1. The minimum Gasteiger partial charge on any atom is -0.369 e. The Morgan fingerprint density at radius 1 is 1.21 bits per heavy atom. The first-order valence-corrected chi connectivity index (χ1v) is 7.67. The smallest absolute Gasteiger partial charge is 0.0825 e. The minimum absolute atomic E-state index is 0.822. The van der Waals surface area contributed by atoms with E-state index in [1.54, 1.807) is 6.20 Å². The van der Waals surface area contributed by atoms with Crippen molar-refractivity contribution in [2.24, 2.45) is 5.92 Å². The Morgan fingerprint density at radius 2 is 2.05 bits per heavy atom. The quantitative estimate of drug-likeness (QED) is 0.848. The molecule has 0 bridgehead atoms. The number of halogens is 1. The maximum atomic E-state index is 6.44. The molecule has 0 atom stereocenters. The molecule has 3 nitrogen and oxygen atoms in total. The molecule has 0 N–H and O–H groups in total. The Hall–Kier alpha value is -0.800. The molecule has 1 aliphatic heterocycles. The predicted octanol–water partition coefficient (Wildman–Crippen LogP) is 2.83. The van der Waals surface area contributed by atoms with Crippen molar-refractivity contribution in [3.63, 3.8) is 0 Å². The fraction of sp³-hybridized carbons (Fsp3) is 0.667. The van der Waals surface area contributed by atoms with Gasteiger partial charge in [0, 0.05) is 32.0 Å². The molecule has 0 spiro atoms. The van der Waals surface area contributed by atoms with Crippen molar-refractivity contribution in [3.8, 4) is 0 Å². The van der Waals surface area contributed by atoms with Crippen LogP contribution in [0.5, 0.6) is 0 Å². The van der Waals surface area contributed by atoms with Gasteiger partial charge in [0.15, 0.2) is 0 Å². The molecule has 0 radical (unpaired) electrons. The number of anilines is 1. The summed E-state index contributed by atoms with van der Waals surface area (Å²) in [6.07, 6.45) is 8.91. The van der Waals surface area contributed by atoms with Crippen LogP contribution >= 0.6 is 11.6 Å². The molecule has 2 fully saturated rings. The van der Waals surface area contributed by atoms with E-state index in [1.807, 2.05) is 6.20 Å². The number of hydrogen-bond donors (Lipinski definition) is 0. The van der Waals surface area contributed by atoms with Gasteiger partial charge in [-0.2, -0.15) is 0 Å².